The molecular formula is C22H18N2O5. The molecule has 0 saturated carbocycles. The van der Waals surface area contributed by atoms with Crippen LogP contribution in [0.25, 0.3) is 0 Å². The lowest BCUT2D eigenvalue weighted by Crippen LogP contribution is -2.30. The Morgan fingerprint density at radius 1 is 1.21 bits per heavy atom. The Kier molecular flexibility index (Phi) is 4.87. The zero-order valence-corrected chi connectivity index (χ0v) is 15.6. The fourth-order valence-corrected chi connectivity index (χ4v) is 3.41. The van der Waals surface area contributed by atoms with Crippen LogP contribution in [0.3, 0.4) is 0 Å². The third-order valence-electron chi connectivity index (χ3n) is 4.80. The fourth-order valence-electron chi connectivity index (χ4n) is 3.41. The molecule has 1 N–H and O–H groups in total. The highest BCUT2D eigenvalue weighted by Gasteiger charge is 2.44. The molecule has 0 saturated heterocycles. The molecule has 1 atom stereocenters. The number of carbonyl (C=O) groups is 2. The number of amides is 1. The summed E-state index contributed by atoms with van der Waals surface area (Å²) in [4.78, 5) is 31.5. The molecule has 146 valence electrons. The summed E-state index contributed by atoms with van der Waals surface area (Å²) in [6.07, 6.45) is 4.65. The minimum Gasteiger partial charge on any atom is -0.503 e. The van der Waals surface area contributed by atoms with Crippen molar-refractivity contribution in [2.75, 3.05) is 7.11 Å². The zero-order chi connectivity index (χ0) is 20.4. The van der Waals surface area contributed by atoms with Gasteiger partial charge in [-0.2, -0.15) is 0 Å². The second kappa shape index (κ2) is 7.63. The normalized spacial score (nSPS) is 16.4. The summed E-state index contributed by atoms with van der Waals surface area (Å²) in [6.45, 7) is 0.183. The zero-order valence-electron chi connectivity index (χ0n) is 15.6. The molecule has 29 heavy (non-hydrogen) atoms. The summed E-state index contributed by atoms with van der Waals surface area (Å²) in [5, 5.41) is 10.6. The predicted octanol–water partition coefficient (Wildman–Crippen LogP) is 3.46. The van der Waals surface area contributed by atoms with Crippen molar-refractivity contribution in [1.82, 2.24) is 9.88 Å². The lowest BCUT2D eigenvalue weighted by molar-refractivity contribution is -0.130. The first-order chi connectivity index (χ1) is 14.1. The van der Waals surface area contributed by atoms with Gasteiger partial charge in [-0.15, -0.1) is 0 Å². The van der Waals surface area contributed by atoms with E-state index in [1.54, 1.807) is 55.9 Å². The summed E-state index contributed by atoms with van der Waals surface area (Å²) in [5.74, 6) is -1.03. The molecule has 1 amide bonds. The maximum atomic E-state index is 13.0. The molecule has 3 heterocycles. The Balaban J connectivity index is 1.79. The van der Waals surface area contributed by atoms with Crippen LogP contribution in [0, 0.1) is 0 Å². The van der Waals surface area contributed by atoms with Crippen LogP contribution in [-0.2, 0) is 11.3 Å². The van der Waals surface area contributed by atoms with Crippen LogP contribution in [0.5, 0.6) is 5.75 Å². The third kappa shape index (κ3) is 3.38. The molecule has 4 rings (SSSR count). The number of nitrogens with zero attached hydrogens (tertiary/aromatic N) is 2. The molecule has 0 bridgehead atoms. The standard InChI is InChI=1S/C22H18N2O5/c1-28-16-8-6-15(7-9-16)19-18(20(25)17-5-3-11-29-17)21(26)22(27)24(19)13-14-4-2-10-23-12-14/h2-12,19,26H,13H2,1H3. The highest BCUT2D eigenvalue weighted by Crippen LogP contribution is 2.40. The van der Waals surface area contributed by atoms with Gasteiger partial charge in [-0.05, 0) is 41.5 Å². The molecule has 1 aliphatic rings. The molecule has 1 aliphatic heterocycles. The maximum Gasteiger partial charge on any atom is 0.290 e. The van der Waals surface area contributed by atoms with E-state index in [0.717, 1.165) is 5.56 Å². The maximum absolute atomic E-state index is 13.0. The SMILES string of the molecule is COc1ccc(C2C(C(=O)c3ccco3)=C(O)C(=O)N2Cc2cccnc2)cc1. The van der Waals surface area contributed by atoms with Gasteiger partial charge in [0.05, 0.1) is 25.0 Å². The van der Waals surface area contributed by atoms with Crippen LogP contribution in [-0.4, -0.2) is 33.8 Å². The van der Waals surface area contributed by atoms with E-state index in [1.807, 2.05) is 6.07 Å². The monoisotopic (exact) mass is 390 g/mol. The first-order valence-corrected chi connectivity index (χ1v) is 8.95. The van der Waals surface area contributed by atoms with Crippen molar-refractivity contribution >= 4 is 11.7 Å². The second-order valence-electron chi connectivity index (χ2n) is 6.54. The number of aromatic nitrogens is 1. The van der Waals surface area contributed by atoms with Crippen LogP contribution in [0.4, 0.5) is 0 Å². The highest BCUT2D eigenvalue weighted by atomic mass is 16.5. The number of hydrogen-bond acceptors (Lipinski definition) is 6. The average Bonchev–Trinajstić information content (AvgIpc) is 3.38. The van der Waals surface area contributed by atoms with Gasteiger partial charge in [-0.25, -0.2) is 0 Å². The van der Waals surface area contributed by atoms with E-state index < -0.39 is 23.5 Å². The topological polar surface area (TPSA) is 92.9 Å². The number of methoxy groups -OCH3 is 1. The highest BCUT2D eigenvalue weighted by molar-refractivity contribution is 6.14. The van der Waals surface area contributed by atoms with Crippen LogP contribution < -0.4 is 4.74 Å². The number of ketones is 1. The Morgan fingerprint density at radius 3 is 2.62 bits per heavy atom. The summed E-state index contributed by atoms with van der Waals surface area (Å²) >= 11 is 0. The van der Waals surface area contributed by atoms with Crippen LogP contribution >= 0.6 is 0 Å². The lowest BCUT2D eigenvalue weighted by Gasteiger charge is -2.26. The van der Waals surface area contributed by atoms with Crippen LogP contribution in [0.15, 0.2) is 82.9 Å². The number of furan rings is 1. The van der Waals surface area contributed by atoms with Gasteiger partial charge in [0, 0.05) is 18.9 Å². The molecule has 2 aromatic heterocycles. The van der Waals surface area contributed by atoms with Crippen molar-refractivity contribution in [2.45, 2.75) is 12.6 Å². The van der Waals surface area contributed by atoms with Crippen LogP contribution in [0.1, 0.15) is 27.7 Å². The van der Waals surface area contributed by atoms with Crippen molar-refractivity contribution in [1.29, 1.82) is 0 Å². The first-order valence-electron chi connectivity index (χ1n) is 8.95. The largest absolute Gasteiger partial charge is 0.503 e. The van der Waals surface area contributed by atoms with Crippen molar-refractivity contribution in [3.05, 3.63) is 95.4 Å². The number of pyridine rings is 1. The molecule has 1 unspecified atom stereocenters. The van der Waals surface area contributed by atoms with E-state index in [4.69, 9.17) is 9.15 Å². The smallest absolute Gasteiger partial charge is 0.290 e. The minimum absolute atomic E-state index is 0.0148. The van der Waals surface area contributed by atoms with Crippen molar-refractivity contribution in [3.63, 3.8) is 0 Å². The number of Topliss-reactive ketones (excluding diaryl/α,β-unsaturated/α-hetero) is 1. The fraction of sp³-hybridized carbons (Fsp3) is 0.136. The van der Waals surface area contributed by atoms with E-state index in [0.29, 0.717) is 11.3 Å². The van der Waals surface area contributed by atoms with Gasteiger partial charge in [0.2, 0.25) is 5.78 Å². The summed E-state index contributed by atoms with van der Waals surface area (Å²) in [6, 6.07) is 12.9. The first kappa shape index (κ1) is 18.5. The molecule has 0 radical (unpaired) electrons. The second-order valence-corrected chi connectivity index (χ2v) is 6.54. The molecule has 0 spiro atoms. The van der Waals surface area contributed by atoms with Gasteiger partial charge >= 0.3 is 0 Å². The summed E-state index contributed by atoms with van der Waals surface area (Å²) < 4.78 is 10.4. The Bertz CT molecular complexity index is 1060. The van der Waals surface area contributed by atoms with Crippen LogP contribution in [0.2, 0.25) is 0 Å². The Hall–Kier alpha value is -3.87. The number of aliphatic hydroxyl groups excluding tert-OH is 1. The molecule has 0 aliphatic carbocycles. The van der Waals surface area contributed by atoms with E-state index in [-0.39, 0.29) is 17.9 Å². The van der Waals surface area contributed by atoms with Crippen molar-refractivity contribution in [2.24, 2.45) is 0 Å². The number of benzene rings is 1. The van der Waals surface area contributed by atoms with E-state index >= 15 is 0 Å². The van der Waals surface area contributed by atoms with Gasteiger partial charge in [0.1, 0.15) is 5.75 Å². The lowest BCUT2D eigenvalue weighted by atomic mass is 9.95. The number of aliphatic hydroxyl groups is 1. The molecular weight excluding hydrogens is 372 g/mol. The summed E-state index contributed by atoms with van der Waals surface area (Å²) in [5.41, 5.74) is 1.43. The van der Waals surface area contributed by atoms with E-state index in [1.165, 1.54) is 17.2 Å². The molecule has 3 aromatic rings. The summed E-state index contributed by atoms with van der Waals surface area (Å²) in [7, 11) is 1.56. The predicted molar refractivity (Wildman–Crippen MR) is 103 cm³/mol. The molecule has 7 nitrogen and oxygen atoms in total. The number of ether oxygens (including phenoxy) is 1. The molecule has 1 aromatic carbocycles. The third-order valence-corrected chi connectivity index (χ3v) is 4.80. The number of rotatable bonds is 6. The number of hydrogen-bond donors (Lipinski definition) is 1. The number of carbonyl (C=O) groups excluding carboxylic acids is 2. The minimum atomic E-state index is -0.772. The molecule has 7 heteroatoms. The van der Waals surface area contributed by atoms with Gasteiger partial charge in [0.15, 0.2) is 11.5 Å². The van der Waals surface area contributed by atoms with Crippen molar-refractivity contribution < 1.29 is 23.8 Å². The van der Waals surface area contributed by atoms with Gasteiger partial charge in [0.25, 0.3) is 5.91 Å². The van der Waals surface area contributed by atoms with Gasteiger partial charge in [-0.3, -0.25) is 14.6 Å². The quantitative estimate of drug-likeness (QED) is 0.648. The Labute approximate surface area is 166 Å². The molecule has 0 fully saturated rings. The van der Waals surface area contributed by atoms with E-state index in [2.05, 4.69) is 4.98 Å². The van der Waals surface area contributed by atoms with E-state index in [9.17, 15) is 14.7 Å². The van der Waals surface area contributed by atoms with Crippen molar-refractivity contribution in [3.8, 4) is 5.75 Å². The van der Waals surface area contributed by atoms with Gasteiger partial charge in [-0.1, -0.05) is 18.2 Å². The Morgan fingerprint density at radius 2 is 2.00 bits per heavy atom. The average molecular weight is 390 g/mol. The van der Waals surface area contributed by atoms with Gasteiger partial charge < -0.3 is 19.2 Å².